The fraction of sp³-hybridized carbons (Fsp3) is 0.111. The highest BCUT2D eigenvalue weighted by atomic mass is 32.2. The SMILES string of the molecule is C=CC(=O)Nc1cccc(-n2c(=O)cc(C)c3cnc(SC)nc32)c1. The van der Waals surface area contributed by atoms with Crippen LogP contribution in [0.2, 0.25) is 0 Å². The third-order valence-electron chi connectivity index (χ3n) is 3.68. The van der Waals surface area contributed by atoms with E-state index >= 15 is 0 Å². The molecule has 0 aliphatic carbocycles. The number of rotatable bonds is 4. The highest BCUT2D eigenvalue weighted by Crippen LogP contribution is 2.21. The quantitative estimate of drug-likeness (QED) is 0.444. The summed E-state index contributed by atoms with van der Waals surface area (Å²) in [5, 5.41) is 4.08. The number of thioether (sulfide) groups is 1. The summed E-state index contributed by atoms with van der Waals surface area (Å²) in [5.74, 6) is -0.315. The minimum atomic E-state index is -0.315. The molecule has 3 rings (SSSR count). The van der Waals surface area contributed by atoms with Crippen LogP contribution in [0.1, 0.15) is 5.56 Å². The van der Waals surface area contributed by atoms with E-state index in [9.17, 15) is 9.59 Å². The fourth-order valence-electron chi connectivity index (χ4n) is 2.50. The van der Waals surface area contributed by atoms with Crippen LogP contribution in [0.15, 0.2) is 59.1 Å². The topological polar surface area (TPSA) is 76.9 Å². The van der Waals surface area contributed by atoms with Gasteiger partial charge in [-0.3, -0.25) is 14.2 Å². The Morgan fingerprint density at radius 3 is 2.88 bits per heavy atom. The molecule has 0 atom stereocenters. The van der Waals surface area contributed by atoms with Crippen molar-refractivity contribution in [3.63, 3.8) is 0 Å². The molecule has 6 nitrogen and oxygen atoms in total. The Morgan fingerprint density at radius 1 is 1.36 bits per heavy atom. The molecule has 126 valence electrons. The summed E-state index contributed by atoms with van der Waals surface area (Å²) in [4.78, 5) is 32.9. The van der Waals surface area contributed by atoms with E-state index < -0.39 is 0 Å². The number of anilines is 1. The van der Waals surface area contributed by atoms with Gasteiger partial charge in [0.1, 0.15) is 0 Å². The highest BCUT2D eigenvalue weighted by molar-refractivity contribution is 7.98. The number of aromatic nitrogens is 3. The summed E-state index contributed by atoms with van der Waals surface area (Å²) in [6.45, 7) is 5.29. The van der Waals surface area contributed by atoms with E-state index in [1.807, 2.05) is 13.2 Å². The van der Waals surface area contributed by atoms with Gasteiger partial charge < -0.3 is 5.32 Å². The maximum absolute atomic E-state index is 12.6. The zero-order valence-electron chi connectivity index (χ0n) is 13.8. The van der Waals surface area contributed by atoms with Crippen LogP contribution in [0.5, 0.6) is 0 Å². The van der Waals surface area contributed by atoms with Crippen molar-refractivity contribution in [1.82, 2.24) is 14.5 Å². The molecule has 7 heteroatoms. The molecule has 3 aromatic rings. The lowest BCUT2D eigenvalue weighted by atomic mass is 10.2. The Balaban J connectivity index is 2.25. The van der Waals surface area contributed by atoms with Crippen molar-refractivity contribution < 1.29 is 4.79 Å². The number of aryl methyl sites for hydroxylation is 1. The van der Waals surface area contributed by atoms with Gasteiger partial charge in [-0.25, -0.2) is 9.97 Å². The number of carbonyl (C=O) groups is 1. The Labute approximate surface area is 148 Å². The van der Waals surface area contributed by atoms with E-state index in [2.05, 4.69) is 21.9 Å². The molecule has 0 radical (unpaired) electrons. The van der Waals surface area contributed by atoms with Crippen LogP contribution < -0.4 is 10.9 Å². The number of nitrogens with zero attached hydrogens (tertiary/aromatic N) is 3. The zero-order valence-corrected chi connectivity index (χ0v) is 14.6. The van der Waals surface area contributed by atoms with E-state index in [-0.39, 0.29) is 11.5 Å². The van der Waals surface area contributed by atoms with Gasteiger partial charge in [0.2, 0.25) is 5.91 Å². The van der Waals surface area contributed by atoms with Crippen LogP contribution in [0.3, 0.4) is 0 Å². The Hall–Kier alpha value is -2.93. The zero-order chi connectivity index (χ0) is 18.0. The van der Waals surface area contributed by atoms with E-state index in [4.69, 9.17) is 0 Å². The molecule has 1 amide bonds. The molecule has 0 aliphatic rings. The maximum atomic E-state index is 12.6. The van der Waals surface area contributed by atoms with E-state index in [1.54, 1.807) is 36.5 Å². The van der Waals surface area contributed by atoms with Gasteiger partial charge in [-0.15, -0.1) is 0 Å². The fourth-order valence-corrected chi connectivity index (χ4v) is 2.84. The molecule has 1 N–H and O–H groups in total. The van der Waals surface area contributed by atoms with E-state index in [0.717, 1.165) is 10.9 Å². The van der Waals surface area contributed by atoms with Crippen molar-refractivity contribution in [1.29, 1.82) is 0 Å². The molecule has 1 aromatic carbocycles. The molecule has 0 saturated carbocycles. The number of hydrogen-bond donors (Lipinski definition) is 1. The third-order valence-corrected chi connectivity index (χ3v) is 4.25. The van der Waals surface area contributed by atoms with Gasteiger partial charge in [-0.1, -0.05) is 24.4 Å². The highest BCUT2D eigenvalue weighted by Gasteiger charge is 2.12. The molecule has 0 spiro atoms. The van der Waals surface area contributed by atoms with Crippen LogP contribution >= 0.6 is 11.8 Å². The first kappa shape index (κ1) is 16.9. The second-order valence-corrected chi connectivity index (χ2v) is 6.11. The molecule has 0 bridgehead atoms. The van der Waals surface area contributed by atoms with Crippen LogP contribution in [-0.4, -0.2) is 26.7 Å². The number of hydrogen-bond acceptors (Lipinski definition) is 5. The standard InChI is InChI=1S/C18H16N4O2S/c1-4-15(23)20-12-6-5-7-13(9-12)22-16(24)8-11(2)14-10-19-18(25-3)21-17(14)22/h4-10H,1H2,2-3H3,(H,20,23). The van der Waals surface area contributed by atoms with Crippen LogP contribution in [0, 0.1) is 6.92 Å². The molecule has 0 unspecified atom stereocenters. The first-order valence-electron chi connectivity index (χ1n) is 7.50. The minimum absolute atomic E-state index is 0.192. The number of nitrogens with one attached hydrogen (secondary N) is 1. The molecular weight excluding hydrogens is 336 g/mol. The van der Waals surface area contributed by atoms with Crippen molar-refractivity contribution in [3.05, 3.63) is 65.1 Å². The summed E-state index contributed by atoms with van der Waals surface area (Å²) in [6.07, 6.45) is 4.80. The van der Waals surface area contributed by atoms with Gasteiger partial charge in [0.15, 0.2) is 10.8 Å². The monoisotopic (exact) mass is 352 g/mol. The molecular formula is C18H16N4O2S. The predicted octanol–water partition coefficient (Wildman–Crippen LogP) is 2.94. The molecule has 0 saturated heterocycles. The van der Waals surface area contributed by atoms with Gasteiger partial charge in [-0.05, 0) is 43.0 Å². The Kier molecular flexibility index (Phi) is 4.67. The summed E-state index contributed by atoms with van der Waals surface area (Å²) in [5.41, 5.74) is 2.35. The van der Waals surface area contributed by atoms with Crippen LogP contribution in [-0.2, 0) is 4.79 Å². The number of benzene rings is 1. The molecule has 0 aliphatic heterocycles. The number of amides is 1. The average molecular weight is 352 g/mol. The third kappa shape index (κ3) is 3.32. The number of pyridine rings is 1. The van der Waals surface area contributed by atoms with Gasteiger partial charge >= 0.3 is 0 Å². The lowest BCUT2D eigenvalue weighted by molar-refractivity contribution is -0.111. The summed E-state index contributed by atoms with van der Waals surface area (Å²) in [7, 11) is 0. The molecule has 0 fully saturated rings. The second kappa shape index (κ2) is 6.90. The molecule has 25 heavy (non-hydrogen) atoms. The van der Waals surface area contributed by atoms with Gasteiger partial charge in [0.05, 0.1) is 5.69 Å². The summed E-state index contributed by atoms with van der Waals surface area (Å²) < 4.78 is 1.52. The first-order valence-corrected chi connectivity index (χ1v) is 8.73. The lowest BCUT2D eigenvalue weighted by Crippen LogP contribution is -2.20. The molecule has 2 heterocycles. The summed E-state index contributed by atoms with van der Waals surface area (Å²) >= 11 is 1.41. The summed E-state index contributed by atoms with van der Waals surface area (Å²) in [6, 6.07) is 8.58. The van der Waals surface area contributed by atoms with Gasteiger partial charge in [0, 0.05) is 23.3 Å². The van der Waals surface area contributed by atoms with E-state index in [1.165, 1.54) is 22.4 Å². The Bertz CT molecular complexity index is 1040. The second-order valence-electron chi connectivity index (χ2n) is 5.34. The Morgan fingerprint density at radius 2 is 2.16 bits per heavy atom. The minimum Gasteiger partial charge on any atom is -0.322 e. The van der Waals surface area contributed by atoms with Crippen molar-refractivity contribution in [2.75, 3.05) is 11.6 Å². The maximum Gasteiger partial charge on any atom is 0.257 e. The lowest BCUT2D eigenvalue weighted by Gasteiger charge is -2.13. The average Bonchev–Trinajstić information content (AvgIpc) is 2.61. The van der Waals surface area contributed by atoms with Crippen molar-refractivity contribution in [2.24, 2.45) is 0 Å². The smallest absolute Gasteiger partial charge is 0.257 e. The largest absolute Gasteiger partial charge is 0.322 e. The van der Waals surface area contributed by atoms with Gasteiger partial charge in [0.25, 0.3) is 5.56 Å². The number of fused-ring (bicyclic) bond motifs is 1. The van der Waals surface area contributed by atoms with Crippen molar-refractivity contribution in [2.45, 2.75) is 12.1 Å². The first-order chi connectivity index (χ1) is 12.0. The van der Waals surface area contributed by atoms with Crippen LogP contribution in [0.4, 0.5) is 5.69 Å². The van der Waals surface area contributed by atoms with Crippen molar-refractivity contribution in [3.8, 4) is 5.69 Å². The van der Waals surface area contributed by atoms with Crippen LogP contribution in [0.25, 0.3) is 16.7 Å². The van der Waals surface area contributed by atoms with Gasteiger partial charge in [-0.2, -0.15) is 0 Å². The predicted molar refractivity (Wildman–Crippen MR) is 100 cm³/mol. The normalized spacial score (nSPS) is 10.6. The van der Waals surface area contributed by atoms with Crippen molar-refractivity contribution >= 4 is 34.4 Å². The number of carbonyl (C=O) groups excluding carboxylic acids is 1. The van der Waals surface area contributed by atoms with E-state index in [0.29, 0.717) is 22.2 Å². The molecule has 2 aromatic heterocycles.